The summed E-state index contributed by atoms with van der Waals surface area (Å²) >= 11 is 0. The van der Waals surface area contributed by atoms with Crippen LogP contribution in [-0.2, 0) is 11.2 Å². The van der Waals surface area contributed by atoms with E-state index in [0.29, 0.717) is 11.6 Å². The second-order valence-electron chi connectivity index (χ2n) is 6.82. The van der Waals surface area contributed by atoms with E-state index in [1.54, 1.807) is 7.11 Å². The number of carbonyl (C=O) groups excluding carboxylic acids is 1. The zero-order chi connectivity index (χ0) is 18.5. The molecule has 2 aromatic rings. The first kappa shape index (κ1) is 18.5. The van der Waals surface area contributed by atoms with Crippen molar-refractivity contribution in [2.75, 3.05) is 14.2 Å². The molecule has 1 aliphatic rings. The monoisotopic (exact) mass is 353 g/mol. The summed E-state index contributed by atoms with van der Waals surface area (Å²) in [5.74, 6) is 0.596. The molecule has 4 heteroatoms. The molecule has 0 fully saturated rings. The molecule has 0 saturated heterocycles. The number of nitrogens with one attached hydrogen (secondary N) is 1. The third kappa shape index (κ3) is 3.91. The molecular formula is C22H27NO3. The van der Waals surface area contributed by atoms with Crippen LogP contribution >= 0.6 is 0 Å². The number of unbranched alkanes of at least 4 members (excludes halogenated alkanes) is 1. The SMILES string of the molecule is CCCC[C@H]1Cc2cc(OC)ccc2[C@H](c2ccc(C(=O)OC)cc2)N1. The predicted molar refractivity (Wildman–Crippen MR) is 103 cm³/mol. The normalized spacial score (nSPS) is 18.9. The van der Waals surface area contributed by atoms with Crippen LogP contribution in [0.4, 0.5) is 0 Å². The van der Waals surface area contributed by atoms with Crippen molar-refractivity contribution in [2.24, 2.45) is 0 Å². The summed E-state index contributed by atoms with van der Waals surface area (Å²) in [4.78, 5) is 11.7. The number of hydrogen-bond donors (Lipinski definition) is 1. The topological polar surface area (TPSA) is 47.6 Å². The number of carbonyl (C=O) groups is 1. The highest BCUT2D eigenvalue weighted by molar-refractivity contribution is 5.89. The van der Waals surface area contributed by atoms with Crippen LogP contribution in [0.25, 0.3) is 0 Å². The van der Waals surface area contributed by atoms with Crippen molar-refractivity contribution in [3.8, 4) is 5.75 Å². The molecule has 2 aromatic carbocycles. The Morgan fingerprint density at radius 1 is 1.15 bits per heavy atom. The molecule has 0 aromatic heterocycles. The van der Waals surface area contributed by atoms with E-state index in [1.165, 1.54) is 31.1 Å². The second-order valence-corrected chi connectivity index (χ2v) is 6.82. The molecule has 4 nitrogen and oxygen atoms in total. The van der Waals surface area contributed by atoms with Gasteiger partial charge in [-0.15, -0.1) is 0 Å². The largest absolute Gasteiger partial charge is 0.497 e. The first-order chi connectivity index (χ1) is 12.7. The molecule has 0 spiro atoms. The van der Waals surface area contributed by atoms with Crippen molar-refractivity contribution in [3.63, 3.8) is 0 Å². The van der Waals surface area contributed by atoms with Crippen LogP contribution in [0.1, 0.15) is 59.3 Å². The van der Waals surface area contributed by atoms with Crippen molar-refractivity contribution < 1.29 is 14.3 Å². The van der Waals surface area contributed by atoms with E-state index in [0.717, 1.165) is 24.2 Å². The molecule has 0 radical (unpaired) electrons. The minimum absolute atomic E-state index is 0.123. The first-order valence-corrected chi connectivity index (χ1v) is 9.27. The lowest BCUT2D eigenvalue weighted by atomic mass is 9.85. The Labute approximate surface area is 155 Å². The van der Waals surface area contributed by atoms with Crippen LogP contribution < -0.4 is 10.1 Å². The zero-order valence-electron chi connectivity index (χ0n) is 15.7. The maximum atomic E-state index is 11.7. The second kappa shape index (κ2) is 8.37. The van der Waals surface area contributed by atoms with Crippen molar-refractivity contribution in [1.29, 1.82) is 0 Å². The Bertz CT molecular complexity index is 754. The van der Waals surface area contributed by atoms with Gasteiger partial charge in [0, 0.05) is 6.04 Å². The van der Waals surface area contributed by atoms with Gasteiger partial charge in [-0.25, -0.2) is 4.79 Å². The molecule has 0 amide bonds. The highest BCUT2D eigenvalue weighted by Gasteiger charge is 2.27. The summed E-state index contributed by atoms with van der Waals surface area (Å²) in [6.07, 6.45) is 4.58. The summed E-state index contributed by atoms with van der Waals surface area (Å²) in [5, 5.41) is 3.80. The Hall–Kier alpha value is -2.33. The molecule has 1 N–H and O–H groups in total. The van der Waals surface area contributed by atoms with E-state index in [4.69, 9.17) is 9.47 Å². The van der Waals surface area contributed by atoms with E-state index in [-0.39, 0.29) is 12.0 Å². The number of benzene rings is 2. The molecule has 138 valence electrons. The third-order valence-corrected chi connectivity index (χ3v) is 5.10. The quantitative estimate of drug-likeness (QED) is 0.788. The average molecular weight is 353 g/mol. The van der Waals surface area contributed by atoms with Gasteiger partial charge < -0.3 is 14.8 Å². The Morgan fingerprint density at radius 2 is 1.92 bits per heavy atom. The number of hydrogen-bond acceptors (Lipinski definition) is 4. The van der Waals surface area contributed by atoms with Crippen molar-refractivity contribution in [3.05, 3.63) is 64.7 Å². The fourth-order valence-electron chi connectivity index (χ4n) is 3.66. The van der Waals surface area contributed by atoms with Gasteiger partial charge in [-0.2, -0.15) is 0 Å². The molecule has 0 aliphatic carbocycles. The number of ether oxygens (including phenoxy) is 2. The lowest BCUT2D eigenvalue weighted by Crippen LogP contribution is -2.40. The minimum Gasteiger partial charge on any atom is -0.497 e. The molecule has 26 heavy (non-hydrogen) atoms. The first-order valence-electron chi connectivity index (χ1n) is 9.27. The van der Waals surface area contributed by atoms with E-state index < -0.39 is 0 Å². The van der Waals surface area contributed by atoms with Crippen molar-refractivity contribution >= 4 is 5.97 Å². The van der Waals surface area contributed by atoms with Gasteiger partial charge in [-0.05, 0) is 53.8 Å². The molecule has 0 unspecified atom stereocenters. The zero-order valence-corrected chi connectivity index (χ0v) is 15.7. The highest BCUT2D eigenvalue weighted by Crippen LogP contribution is 2.34. The number of methoxy groups -OCH3 is 2. The predicted octanol–water partition coefficient (Wildman–Crippen LogP) is 4.28. The van der Waals surface area contributed by atoms with Gasteiger partial charge in [-0.3, -0.25) is 0 Å². The van der Waals surface area contributed by atoms with Crippen LogP contribution in [0.2, 0.25) is 0 Å². The molecular weight excluding hydrogens is 326 g/mol. The van der Waals surface area contributed by atoms with E-state index >= 15 is 0 Å². The maximum Gasteiger partial charge on any atom is 0.337 e. The number of fused-ring (bicyclic) bond motifs is 1. The van der Waals surface area contributed by atoms with Gasteiger partial charge in [0.25, 0.3) is 0 Å². The fraction of sp³-hybridized carbons (Fsp3) is 0.409. The lowest BCUT2D eigenvalue weighted by molar-refractivity contribution is 0.0600. The maximum absolute atomic E-state index is 11.7. The Balaban J connectivity index is 1.93. The molecule has 0 saturated carbocycles. The molecule has 3 rings (SSSR count). The molecule has 0 bridgehead atoms. The summed E-state index contributed by atoms with van der Waals surface area (Å²) in [5.41, 5.74) is 4.35. The van der Waals surface area contributed by atoms with Crippen LogP contribution in [0.3, 0.4) is 0 Å². The molecule has 1 heterocycles. The third-order valence-electron chi connectivity index (χ3n) is 5.10. The molecule has 1 aliphatic heterocycles. The van der Waals surface area contributed by atoms with Crippen molar-refractivity contribution in [2.45, 2.75) is 44.7 Å². The summed E-state index contributed by atoms with van der Waals surface area (Å²) in [7, 11) is 3.11. The lowest BCUT2D eigenvalue weighted by Gasteiger charge is -2.34. The number of rotatable bonds is 6. The minimum atomic E-state index is -0.306. The van der Waals surface area contributed by atoms with Gasteiger partial charge in [-0.1, -0.05) is 38.0 Å². The Morgan fingerprint density at radius 3 is 2.58 bits per heavy atom. The molecule has 2 atom stereocenters. The van der Waals surface area contributed by atoms with Crippen LogP contribution in [0, 0.1) is 0 Å². The van der Waals surface area contributed by atoms with Crippen LogP contribution in [0.15, 0.2) is 42.5 Å². The van der Waals surface area contributed by atoms with Gasteiger partial charge in [0.1, 0.15) is 5.75 Å². The standard InChI is InChI=1S/C22H27NO3/c1-4-5-6-18-13-17-14-19(25-2)11-12-20(17)21(23-18)15-7-9-16(10-8-15)22(24)26-3/h7-12,14,18,21,23H,4-6,13H2,1-3H3/t18-,21-/m0/s1. The van der Waals surface area contributed by atoms with E-state index in [1.807, 2.05) is 30.3 Å². The van der Waals surface area contributed by atoms with Crippen LogP contribution in [-0.4, -0.2) is 26.2 Å². The van der Waals surface area contributed by atoms with E-state index in [2.05, 4.69) is 24.4 Å². The number of esters is 1. The van der Waals surface area contributed by atoms with Gasteiger partial charge in [0.2, 0.25) is 0 Å². The highest BCUT2D eigenvalue weighted by atomic mass is 16.5. The van der Waals surface area contributed by atoms with Crippen molar-refractivity contribution in [1.82, 2.24) is 5.32 Å². The van der Waals surface area contributed by atoms with Gasteiger partial charge >= 0.3 is 5.97 Å². The van der Waals surface area contributed by atoms with Gasteiger partial charge in [0.05, 0.1) is 25.8 Å². The average Bonchev–Trinajstić information content (AvgIpc) is 2.70. The van der Waals surface area contributed by atoms with E-state index in [9.17, 15) is 4.79 Å². The summed E-state index contributed by atoms with van der Waals surface area (Å²) < 4.78 is 10.2. The fourth-order valence-corrected chi connectivity index (χ4v) is 3.66. The smallest absolute Gasteiger partial charge is 0.337 e. The Kier molecular flexibility index (Phi) is 5.94. The summed E-state index contributed by atoms with van der Waals surface area (Å²) in [6, 6.07) is 14.6. The summed E-state index contributed by atoms with van der Waals surface area (Å²) in [6.45, 7) is 2.23. The van der Waals surface area contributed by atoms with Crippen LogP contribution in [0.5, 0.6) is 5.75 Å². The van der Waals surface area contributed by atoms with Gasteiger partial charge in [0.15, 0.2) is 0 Å².